The highest BCUT2D eigenvalue weighted by molar-refractivity contribution is 7.09. The summed E-state index contributed by atoms with van der Waals surface area (Å²) >= 11 is 1.27. The number of carboxylic acids is 1. The monoisotopic (exact) mass is 409 g/mol. The molecule has 0 aliphatic rings. The molecule has 0 radical (unpaired) electrons. The molecule has 2 aromatic carbocycles. The number of carbonyl (C=O) groups excluding carboxylic acids is 2. The number of ether oxygens (including phenoxy) is 1. The van der Waals surface area contributed by atoms with Crippen LogP contribution in [0.4, 0.5) is 0 Å². The van der Waals surface area contributed by atoms with Gasteiger partial charge in [-0.2, -0.15) is 0 Å². The topological polar surface area (TPSA) is 91.3 Å². The van der Waals surface area contributed by atoms with Crippen LogP contribution in [-0.2, 0) is 35.6 Å². The van der Waals surface area contributed by atoms with Gasteiger partial charge in [0.1, 0.15) is 17.4 Å². The fraction of sp³-hybridized carbons (Fsp3) is 0.227. The molecule has 150 valence electrons. The minimum absolute atomic E-state index is 0.120. The van der Waals surface area contributed by atoms with Crippen LogP contribution in [0.5, 0.6) is 5.75 Å². The summed E-state index contributed by atoms with van der Waals surface area (Å²) in [5.74, 6) is -0.583. The van der Waals surface area contributed by atoms with Crippen LogP contribution < -0.4 is 15.2 Å². The first kappa shape index (κ1) is 20.5. The van der Waals surface area contributed by atoms with E-state index in [1.54, 1.807) is 5.38 Å². The molecule has 29 heavy (non-hydrogen) atoms. The molecule has 1 heterocycles. The SMILES string of the molecule is Cc1ccc(COc2ccc(CNC(=O)Cc3nc(CC(=O)[O-])cs3)cc2)cc1. The van der Waals surface area contributed by atoms with E-state index in [0.717, 1.165) is 16.9 Å². The number of hydrogen-bond donors (Lipinski definition) is 1. The molecule has 0 spiro atoms. The molecule has 1 N–H and O–H groups in total. The molecule has 3 rings (SSSR count). The van der Waals surface area contributed by atoms with Gasteiger partial charge in [-0.1, -0.05) is 42.0 Å². The summed E-state index contributed by atoms with van der Waals surface area (Å²) in [6.07, 6.45) is -0.119. The minimum atomic E-state index is -1.18. The molecule has 0 aliphatic heterocycles. The number of amides is 1. The van der Waals surface area contributed by atoms with Gasteiger partial charge in [0.15, 0.2) is 0 Å². The van der Waals surface area contributed by atoms with Crippen molar-refractivity contribution in [3.05, 3.63) is 81.3 Å². The molecule has 0 fully saturated rings. The number of aliphatic carboxylic acids is 1. The van der Waals surface area contributed by atoms with E-state index in [-0.39, 0.29) is 18.7 Å². The molecule has 0 aliphatic carbocycles. The second-order valence-electron chi connectivity index (χ2n) is 6.65. The van der Waals surface area contributed by atoms with Gasteiger partial charge in [-0.05, 0) is 30.2 Å². The van der Waals surface area contributed by atoms with Gasteiger partial charge in [-0.25, -0.2) is 4.98 Å². The largest absolute Gasteiger partial charge is 0.550 e. The number of aromatic nitrogens is 1. The first-order chi connectivity index (χ1) is 14.0. The molecule has 0 saturated heterocycles. The van der Waals surface area contributed by atoms with Gasteiger partial charge in [0.05, 0.1) is 12.1 Å². The Bertz CT molecular complexity index is 965. The van der Waals surface area contributed by atoms with Crippen molar-refractivity contribution in [2.45, 2.75) is 32.9 Å². The Morgan fingerprint density at radius 1 is 1.03 bits per heavy atom. The van der Waals surface area contributed by atoms with Crippen LogP contribution in [0, 0.1) is 6.92 Å². The van der Waals surface area contributed by atoms with Crippen molar-refractivity contribution in [2.75, 3.05) is 0 Å². The zero-order valence-electron chi connectivity index (χ0n) is 16.0. The molecule has 0 atom stereocenters. The Kier molecular flexibility index (Phi) is 6.97. The third-order valence-corrected chi connectivity index (χ3v) is 5.07. The summed E-state index contributed by atoms with van der Waals surface area (Å²) in [4.78, 5) is 26.8. The van der Waals surface area contributed by atoms with E-state index in [4.69, 9.17) is 4.74 Å². The van der Waals surface area contributed by atoms with E-state index < -0.39 is 5.97 Å². The number of nitrogens with zero attached hydrogens (tertiary/aromatic N) is 1. The van der Waals surface area contributed by atoms with E-state index >= 15 is 0 Å². The highest BCUT2D eigenvalue weighted by atomic mass is 32.1. The maximum Gasteiger partial charge on any atom is 0.227 e. The molecule has 6 nitrogen and oxygen atoms in total. The zero-order valence-corrected chi connectivity index (χ0v) is 16.8. The van der Waals surface area contributed by atoms with Gasteiger partial charge >= 0.3 is 0 Å². The molecular weight excluding hydrogens is 388 g/mol. The van der Waals surface area contributed by atoms with E-state index in [2.05, 4.69) is 22.4 Å². The Morgan fingerprint density at radius 3 is 2.41 bits per heavy atom. The van der Waals surface area contributed by atoms with Crippen LogP contribution in [0.15, 0.2) is 53.9 Å². The summed E-state index contributed by atoms with van der Waals surface area (Å²) < 4.78 is 5.78. The molecule has 3 aromatic rings. The van der Waals surface area contributed by atoms with Crippen LogP contribution in [0.25, 0.3) is 0 Å². The predicted molar refractivity (Wildman–Crippen MR) is 108 cm³/mol. The number of carboxylic acid groups (broad SMARTS) is 1. The second-order valence-corrected chi connectivity index (χ2v) is 7.60. The highest BCUT2D eigenvalue weighted by Gasteiger charge is 2.08. The maximum absolute atomic E-state index is 12.1. The minimum Gasteiger partial charge on any atom is -0.550 e. The molecule has 0 unspecified atom stereocenters. The Balaban J connectivity index is 1.43. The number of thiazole rings is 1. The van der Waals surface area contributed by atoms with Crippen molar-refractivity contribution in [3.8, 4) is 5.75 Å². The molecule has 7 heteroatoms. The number of rotatable bonds is 9. The van der Waals surface area contributed by atoms with E-state index in [9.17, 15) is 14.7 Å². The van der Waals surface area contributed by atoms with E-state index in [0.29, 0.717) is 23.9 Å². The Labute approximate surface area is 173 Å². The lowest BCUT2D eigenvalue weighted by molar-refractivity contribution is -0.304. The van der Waals surface area contributed by atoms with Crippen molar-refractivity contribution in [2.24, 2.45) is 0 Å². The normalized spacial score (nSPS) is 10.5. The first-order valence-corrected chi connectivity index (χ1v) is 10.0. The third-order valence-electron chi connectivity index (χ3n) is 4.18. The number of aryl methyl sites for hydroxylation is 1. The lowest BCUT2D eigenvalue weighted by Gasteiger charge is -2.08. The predicted octanol–water partition coefficient (Wildman–Crippen LogP) is 2.18. The fourth-order valence-corrected chi connectivity index (χ4v) is 3.41. The van der Waals surface area contributed by atoms with Crippen LogP contribution in [0.1, 0.15) is 27.4 Å². The summed E-state index contributed by atoms with van der Waals surface area (Å²) in [6, 6.07) is 15.8. The standard InChI is InChI=1S/C22H22N2O4S/c1-15-2-4-17(5-3-15)13-28-19-8-6-16(7-9-19)12-23-20(25)11-21-24-18(14-29-21)10-22(26)27/h2-9,14H,10-13H2,1H3,(H,23,25)(H,26,27)/p-1. The van der Waals surface area contributed by atoms with E-state index in [1.165, 1.54) is 16.9 Å². The van der Waals surface area contributed by atoms with Crippen LogP contribution in [0.2, 0.25) is 0 Å². The van der Waals surface area contributed by atoms with Gasteiger partial charge < -0.3 is 20.0 Å². The first-order valence-electron chi connectivity index (χ1n) is 9.15. The molecule has 0 saturated carbocycles. The lowest BCUT2D eigenvalue weighted by Crippen LogP contribution is -2.25. The Morgan fingerprint density at radius 2 is 1.72 bits per heavy atom. The third kappa shape index (κ3) is 6.73. The fourth-order valence-electron chi connectivity index (χ4n) is 2.61. The van der Waals surface area contributed by atoms with Crippen molar-refractivity contribution in [1.29, 1.82) is 0 Å². The van der Waals surface area contributed by atoms with Gasteiger partial charge in [0, 0.05) is 24.3 Å². The van der Waals surface area contributed by atoms with Crippen molar-refractivity contribution < 1.29 is 19.4 Å². The number of benzene rings is 2. The van der Waals surface area contributed by atoms with Gasteiger partial charge in [-0.3, -0.25) is 4.79 Å². The highest BCUT2D eigenvalue weighted by Crippen LogP contribution is 2.15. The second kappa shape index (κ2) is 9.84. The average Bonchev–Trinajstić information content (AvgIpc) is 3.12. The van der Waals surface area contributed by atoms with Crippen molar-refractivity contribution >= 4 is 23.2 Å². The smallest absolute Gasteiger partial charge is 0.227 e. The van der Waals surface area contributed by atoms with Crippen LogP contribution in [0.3, 0.4) is 0 Å². The molecule has 1 aromatic heterocycles. The van der Waals surface area contributed by atoms with Crippen LogP contribution >= 0.6 is 11.3 Å². The molecule has 0 bridgehead atoms. The zero-order chi connectivity index (χ0) is 20.6. The van der Waals surface area contributed by atoms with Gasteiger partial charge in [-0.15, -0.1) is 11.3 Å². The summed E-state index contributed by atoms with van der Waals surface area (Å²) in [5, 5.41) is 15.6. The summed E-state index contributed by atoms with van der Waals surface area (Å²) in [7, 11) is 0. The summed E-state index contributed by atoms with van der Waals surface area (Å²) in [6.45, 7) is 2.95. The average molecular weight is 409 g/mol. The number of carbonyl (C=O) groups is 2. The van der Waals surface area contributed by atoms with Crippen LogP contribution in [-0.4, -0.2) is 16.9 Å². The molecular formula is C22H21N2O4S-. The quantitative estimate of drug-likeness (QED) is 0.585. The summed E-state index contributed by atoms with van der Waals surface area (Å²) in [5.41, 5.74) is 3.70. The van der Waals surface area contributed by atoms with Crippen molar-refractivity contribution in [3.63, 3.8) is 0 Å². The molecule has 1 amide bonds. The van der Waals surface area contributed by atoms with Crippen molar-refractivity contribution in [1.82, 2.24) is 10.3 Å². The van der Waals surface area contributed by atoms with Gasteiger partial charge in [0.25, 0.3) is 0 Å². The lowest BCUT2D eigenvalue weighted by atomic mass is 10.2. The van der Waals surface area contributed by atoms with E-state index in [1.807, 2.05) is 43.3 Å². The Hall–Kier alpha value is -3.19. The maximum atomic E-state index is 12.1. The van der Waals surface area contributed by atoms with Gasteiger partial charge in [0.2, 0.25) is 5.91 Å². The number of nitrogens with one attached hydrogen (secondary N) is 1. The number of hydrogen-bond acceptors (Lipinski definition) is 6.